The van der Waals surface area contributed by atoms with Crippen molar-refractivity contribution in [1.82, 2.24) is 19.8 Å². The van der Waals surface area contributed by atoms with Crippen molar-refractivity contribution in [2.45, 2.75) is 38.6 Å². The van der Waals surface area contributed by atoms with E-state index in [1.165, 1.54) is 12.8 Å². The fourth-order valence-electron chi connectivity index (χ4n) is 2.90. The molecule has 0 amide bonds. The summed E-state index contributed by atoms with van der Waals surface area (Å²) < 4.78 is 1.75. The Morgan fingerprint density at radius 1 is 1.37 bits per heavy atom. The van der Waals surface area contributed by atoms with Crippen LogP contribution >= 0.6 is 0 Å². The second-order valence-corrected chi connectivity index (χ2v) is 5.19. The van der Waals surface area contributed by atoms with Crippen LogP contribution in [0.3, 0.4) is 0 Å². The van der Waals surface area contributed by atoms with Gasteiger partial charge in [0.2, 0.25) is 0 Å². The minimum atomic E-state index is 0.264. The molecular weight excluding hydrogens is 242 g/mol. The lowest BCUT2D eigenvalue weighted by atomic mass is 10.0. The zero-order valence-electron chi connectivity index (χ0n) is 11.1. The molecule has 0 radical (unpaired) electrons. The summed E-state index contributed by atoms with van der Waals surface area (Å²) in [5.74, 6) is 2.19. The van der Waals surface area contributed by atoms with Gasteiger partial charge in [-0.15, -0.1) is 15.3 Å². The van der Waals surface area contributed by atoms with Crippen LogP contribution in [0.4, 0.5) is 5.82 Å². The molecule has 0 spiro atoms. The van der Waals surface area contributed by atoms with Crippen molar-refractivity contribution in [3.63, 3.8) is 0 Å². The van der Waals surface area contributed by atoms with Gasteiger partial charge in [0.15, 0.2) is 11.5 Å². The lowest BCUT2D eigenvalue weighted by Crippen LogP contribution is -2.25. The van der Waals surface area contributed by atoms with E-state index in [9.17, 15) is 0 Å². The number of aliphatic hydroxyl groups is 1. The maximum absolute atomic E-state index is 9.10. The fourth-order valence-corrected chi connectivity index (χ4v) is 2.90. The first kappa shape index (κ1) is 12.3. The topological polar surface area (TPSA) is 75.3 Å². The summed E-state index contributed by atoms with van der Waals surface area (Å²) in [7, 11) is 0. The molecule has 1 fully saturated rings. The van der Waals surface area contributed by atoms with Gasteiger partial charge in [-0.3, -0.25) is 0 Å². The number of nitrogens with one attached hydrogen (secondary N) is 1. The summed E-state index contributed by atoms with van der Waals surface area (Å²) in [4.78, 5) is 0. The van der Waals surface area contributed by atoms with E-state index in [1.54, 1.807) is 4.52 Å². The molecule has 0 saturated heterocycles. The van der Waals surface area contributed by atoms with Crippen molar-refractivity contribution < 1.29 is 5.11 Å². The van der Waals surface area contributed by atoms with Crippen molar-refractivity contribution in [2.24, 2.45) is 5.92 Å². The molecule has 102 valence electrons. The first-order chi connectivity index (χ1) is 9.28. The second kappa shape index (κ2) is 5.13. The third-order valence-corrected chi connectivity index (χ3v) is 3.91. The Bertz CT molecular complexity index is 567. The lowest BCUT2D eigenvalue weighted by molar-refractivity contribution is 0.254. The van der Waals surface area contributed by atoms with E-state index in [1.807, 2.05) is 19.1 Å². The van der Waals surface area contributed by atoms with Crippen LogP contribution in [0.5, 0.6) is 0 Å². The van der Waals surface area contributed by atoms with Gasteiger partial charge >= 0.3 is 0 Å². The Morgan fingerprint density at radius 2 is 2.26 bits per heavy atom. The van der Waals surface area contributed by atoms with Gasteiger partial charge in [-0.2, -0.15) is 4.52 Å². The van der Waals surface area contributed by atoms with Crippen LogP contribution in [0.2, 0.25) is 0 Å². The highest BCUT2D eigenvalue weighted by Crippen LogP contribution is 2.30. The van der Waals surface area contributed by atoms with Crippen molar-refractivity contribution in [3.05, 3.63) is 18.0 Å². The molecule has 2 heterocycles. The zero-order valence-corrected chi connectivity index (χ0v) is 11.1. The van der Waals surface area contributed by atoms with Gasteiger partial charge in [0.25, 0.3) is 0 Å². The predicted molar refractivity (Wildman–Crippen MR) is 72.0 cm³/mol. The first-order valence-corrected chi connectivity index (χ1v) is 6.84. The van der Waals surface area contributed by atoms with Gasteiger partial charge in [-0.05, 0) is 44.2 Å². The van der Waals surface area contributed by atoms with Crippen LogP contribution in [0.1, 0.15) is 31.5 Å². The monoisotopic (exact) mass is 261 g/mol. The predicted octanol–water partition coefficient (Wildman–Crippen LogP) is 1.40. The van der Waals surface area contributed by atoms with Gasteiger partial charge in [-0.25, -0.2) is 0 Å². The smallest absolute Gasteiger partial charge is 0.178 e. The highest BCUT2D eigenvalue weighted by molar-refractivity contribution is 5.44. The maximum atomic E-state index is 9.10. The third-order valence-electron chi connectivity index (χ3n) is 3.91. The third kappa shape index (κ3) is 2.40. The van der Waals surface area contributed by atoms with E-state index in [2.05, 4.69) is 20.6 Å². The molecule has 2 N–H and O–H groups in total. The average Bonchev–Trinajstić information content (AvgIpc) is 2.99. The minimum absolute atomic E-state index is 0.264. The standard InChI is InChI=1S/C13H19N5O/c1-9-15-16-13-6-5-12(17-18(9)13)14-11-4-2-3-10(11)7-8-19/h5-6,10-11,19H,2-4,7-8H2,1H3,(H,14,17). The van der Waals surface area contributed by atoms with Crippen LogP contribution < -0.4 is 5.32 Å². The summed E-state index contributed by atoms with van der Waals surface area (Å²) in [5, 5.41) is 25.1. The van der Waals surface area contributed by atoms with Gasteiger partial charge in [0, 0.05) is 12.6 Å². The molecule has 2 unspecified atom stereocenters. The number of fused-ring (bicyclic) bond motifs is 1. The molecule has 6 nitrogen and oxygen atoms in total. The lowest BCUT2D eigenvalue weighted by Gasteiger charge is -2.20. The SMILES string of the molecule is Cc1nnc2ccc(NC3CCCC3CCO)nn12. The number of aromatic nitrogens is 4. The van der Waals surface area contributed by atoms with Crippen LogP contribution in [-0.2, 0) is 0 Å². The van der Waals surface area contributed by atoms with Gasteiger partial charge in [0.05, 0.1) is 0 Å². The summed E-state index contributed by atoms with van der Waals surface area (Å²) in [6.45, 7) is 2.15. The van der Waals surface area contributed by atoms with E-state index >= 15 is 0 Å². The largest absolute Gasteiger partial charge is 0.396 e. The van der Waals surface area contributed by atoms with Crippen molar-refractivity contribution in [2.75, 3.05) is 11.9 Å². The number of hydrogen-bond acceptors (Lipinski definition) is 5. The molecule has 2 aromatic heterocycles. The number of anilines is 1. The van der Waals surface area contributed by atoms with E-state index in [4.69, 9.17) is 5.11 Å². The molecule has 2 aromatic rings. The van der Waals surface area contributed by atoms with Crippen molar-refractivity contribution >= 4 is 11.5 Å². The fraction of sp³-hybridized carbons (Fsp3) is 0.615. The molecule has 0 aliphatic heterocycles. The molecule has 1 aliphatic rings. The zero-order chi connectivity index (χ0) is 13.2. The van der Waals surface area contributed by atoms with Crippen LogP contribution in [0.15, 0.2) is 12.1 Å². The van der Waals surface area contributed by atoms with E-state index in [0.717, 1.165) is 30.1 Å². The minimum Gasteiger partial charge on any atom is -0.396 e. The van der Waals surface area contributed by atoms with E-state index in [0.29, 0.717) is 12.0 Å². The van der Waals surface area contributed by atoms with E-state index in [-0.39, 0.29) is 6.61 Å². The second-order valence-electron chi connectivity index (χ2n) is 5.19. The number of rotatable bonds is 4. The van der Waals surface area contributed by atoms with Gasteiger partial charge in [-0.1, -0.05) is 6.42 Å². The molecule has 1 saturated carbocycles. The number of aryl methyl sites for hydroxylation is 1. The summed E-state index contributed by atoms with van der Waals surface area (Å²) in [5.41, 5.74) is 0.765. The molecule has 2 atom stereocenters. The van der Waals surface area contributed by atoms with Gasteiger partial charge < -0.3 is 10.4 Å². The highest BCUT2D eigenvalue weighted by atomic mass is 16.3. The quantitative estimate of drug-likeness (QED) is 0.870. The molecule has 3 rings (SSSR count). The van der Waals surface area contributed by atoms with Gasteiger partial charge in [0.1, 0.15) is 5.82 Å². The molecule has 6 heteroatoms. The van der Waals surface area contributed by atoms with Crippen LogP contribution in [0, 0.1) is 12.8 Å². The molecule has 0 aromatic carbocycles. The van der Waals surface area contributed by atoms with Crippen LogP contribution in [-0.4, -0.2) is 37.6 Å². The number of hydrogen-bond donors (Lipinski definition) is 2. The first-order valence-electron chi connectivity index (χ1n) is 6.84. The Morgan fingerprint density at radius 3 is 3.11 bits per heavy atom. The Labute approximate surface area is 111 Å². The number of nitrogens with zero attached hydrogens (tertiary/aromatic N) is 4. The van der Waals surface area contributed by atoms with Crippen LogP contribution in [0.25, 0.3) is 5.65 Å². The molecule has 1 aliphatic carbocycles. The van der Waals surface area contributed by atoms with Crippen molar-refractivity contribution in [1.29, 1.82) is 0 Å². The highest BCUT2D eigenvalue weighted by Gasteiger charge is 2.26. The Hall–Kier alpha value is -1.69. The Balaban J connectivity index is 1.78. The molecular formula is C13H19N5O. The number of aliphatic hydroxyl groups excluding tert-OH is 1. The summed E-state index contributed by atoms with van der Waals surface area (Å²) in [6, 6.07) is 4.28. The Kier molecular flexibility index (Phi) is 3.33. The summed E-state index contributed by atoms with van der Waals surface area (Å²) >= 11 is 0. The molecule has 19 heavy (non-hydrogen) atoms. The molecule has 0 bridgehead atoms. The summed E-state index contributed by atoms with van der Waals surface area (Å²) in [6.07, 6.45) is 4.42. The van der Waals surface area contributed by atoms with Crippen molar-refractivity contribution in [3.8, 4) is 0 Å². The normalized spacial score (nSPS) is 23.1. The van der Waals surface area contributed by atoms with E-state index < -0.39 is 0 Å². The maximum Gasteiger partial charge on any atom is 0.178 e. The average molecular weight is 261 g/mol.